The van der Waals surface area contributed by atoms with Gasteiger partial charge in [0.15, 0.2) is 0 Å². The molecule has 4 nitrogen and oxygen atoms in total. The maximum Gasteiger partial charge on any atom is 0.254 e. The van der Waals surface area contributed by atoms with Crippen LogP contribution in [-0.4, -0.2) is 37.2 Å². The van der Waals surface area contributed by atoms with Gasteiger partial charge in [0.1, 0.15) is 5.75 Å². The second-order valence-electron chi connectivity index (χ2n) is 8.16. The van der Waals surface area contributed by atoms with Crippen molar-refractivity contribution in [3.8, 4) is 5.75 Å². The van der Waals surface area contributed by atoms with Gasteiger partial charge in [0.2, 0.25) is 0 Å². The SMILES string of the molecule is O=C(c1ccc(Cl)cc1)N1C[C@@H](COCC2CC2)[C@@H]2COc3ccccc3[C@@H]21. The van der Waals surface area contributed by atoms with Gasteiger partial charge < -0.3 is 14.4 Å². The van der Waals surface area contributed by atoms with Crippen molar-refractivity contribution in [2.45, 2.75) is 18.9 Å². The summed E-state index contributed by atoms with van der Waals surface area (Å²) in [5.41, 5.74) is 1.78. The van der Waals surface area contributed by atoms with Crippen LogP contribution in [0.15, 0.2) is 48.5 Å². The van der Waals surface area contributed by atoms with Crippen LogP contribution in [0.2, 0.25) is 5.02 Å². The van der Waals surface area contributed by atoms with E-state index in [1.165, 1.54) is 12.8 Å². The molecule has 1 aliphatic carbocycles. The molecule has 0 aromatic heterocycles. The summed E-state index contributed by atoms with van der Waals surface area (Å²) in [5.74, 6) is 2.22. The Bertz CT molecular complexity index is 864. The summed E-state index contributed by atoms with van der Waals surface area (Å²) in [6.07, 6.45) is 2.57. The molecule has 2 aromatic carbocycles. The first-order valence-electron chi connectivity index (χ1n) is 10.1. The third-order valence-corrected chi connectivity index (χ3v) is 6.43. The van der Waals surface area contributed by atoms with E-state index < -0.39 is 0 Å². The second kappa shape index (κ2) is 7.41. The number of rotatable bonds is 5. The summed E-state index contributed by atoms with van der Waals surface area (Å²) in [6.45, 7) is 2.85. The molecule has 0 bridgehead atoms. The number of hydrogen-bond acceptors (Lipinski definition) is 3. The van der Waals surface area contributed by atoms with E-state index in [9.17, 15) is 4.79 Å². The second-order valence-corrected chi connectivity index (χ2v) is 8.60. The van der Waals surface area contributed by atoms with E-state index in [1.807, 2.05) is 35.2 Å². The van der Waals surface area contributed by atoms with Crippen LogP contribution in [0.1, 0.15) is 34.8 Å². The fourth-order valence-corrected chi connectivity index (χ4v) is 4.60. The molecular formula is C23H24ClNO3. The normalized spacial score (nSPS) is 25.8. The molecule has 3 atom stereocenters. The van der Waals surface area contributed by atoms with Crippen LogP contribution < -0.4 is 4.74 Å². The number of likely N-dealkylation sites (tertiary alicyclic amines) is 1. The van der Waals surface area contributed by atoms with Crippen LogP contribution in [0, 0.1) is 17.8 Å². The predicted molar refractivity (Wildman–Crippen MR) is 108 cm³/mol. The molecule has 1 amide bonds. The molecule has 5 heteroatoms. The van der Waals surface area contributed by atoms with Crippen LogP contribution in [0.5, 0.6) is 5.75 Å². The van der Waals surface area contributed by atoms with Gasteiger partial charge in [-0.25, -0.2) is 0 Å². The van der Waals surface area contributed by atoms with Gasteiger partial charge >= 0.3 is 0 Å². The molecule has 2 fully saturated rings. The summed E-state index contributed by atoms with van der Waals surface area (Å²) in [4.78, 5) is 15.4. The molecule has 0 spiro atoms. The highest BCUT2D eigenvalue weighted by atomic mass is 35.5. The highest BCUT2D eigenvalue weighted by Gasteiger charge is 2.48. The number of amides is 1. The maximum atomic E-state index is 13.4. The van der Waals surface area contributed by atoms with E-state index >= 15 is 0 Å². The van der Waals surface area contributed by atoms with Gasteiger partial charge in [0, 0.05) is 41.1 Å². The standard InChI is InChI=1S/C23H24ClNO3/c24-18-9-7-16(8-10-18)23(26)25-11-17(13-27-12-15-5-6-15)20-14-28-21-4-2-1-3-19(21)22(20)25/h1-4,7-10,15,17,20,22H,5-6,11-14H2/t17-,20-,22-/m0/s1. The molecule has 2 aliphatic heterocycles. The zero-order chi connectivity index (χ0) is 19.1. The minimum absolute atomic E-state index is 0.0302. The van der Waals surface area contributed by atoms with Crippen molar-refractivity contribution in [3.63, 3.8) is 0 Å². The Balaban J connectivity index is 1.43. The van der Waals surface area contributed by atoms with Crippen molar-refractivity contribution in [2.24, 2.45) is 17.8 Å². The monoisotopic (exact) mass is 397 g/mol. The Morgan fingerprint density at radius 1 is 1.11 bits per heavy atom. The van der Waals surface area contributed by atoms with Crippen molar-refractivity contribution in [1.29, 1.82) is 0 Å². The third kappa shape index (κ3) is 3.40. The number of ether oxygens (including phenoxy) is 2. The van der Waals surface area contributed by atoms with Crippen LogP contribution in [0.25, 0.3) is 0 Å². The molecule has 146 valence electrons. The Kier molecular flexibility index (Phi) is 4.77. The average molecular weight is 398 g/mol. The first-order chi connectivity index (χ1) is 13.7. The highest BCUT2D eigenvalue weighted by Crippen LogP contribution is 2.48. The number of nitrogens with zero attached hydrogens (tertiary/aromatic N) is 1. The molecule has 2 aromatic rings. The van der Waals surface area contributed by atoms with Crippen molar-refractivity contribution in [2.75, 3.05) is 26.4 Å². The number of fused-ring (bicyclic) bond motifs is 3. The number of halogens is 1. The largest absolute Gasteiger partial charge is 0.493 e. The highest BCUT2D eigenvalue weighted by molar-refractivity contribution is 6.30. The number of carbonyl (C=O) groups is 1. The van der Waals surface area contributed by atoms with Gasteiger partial charge in [-0.2, -0.15) is 0 Å². The van der Waals surface area contributed by atoms with Gasteiger partial charge in [-0.15, -0.1) is 0 Å². The summed E-state index contributed by atoms with van der Waals surface area (Å²) in [7, 11) is 0. The summed E-state index contributed by atoms with van der Waals surface area (Å²) < 4.78 is 12.1. The van der Waals surface area contributed by atoms with Gasteiger partial charge in [-0.1, -0.05) is 29.8 Å². The lowest BCUT2D eigenvalue weighted by atomic mass is 9.85. The molecule has 1 saturated carbocycles. The molecular weight excluding hydrogens is 374 g/mol. The summed E-state index contributed by atoms with van der Waals surface area (Å²) >= 11 is 6.01. The van der Waals surface area contributed by atoms with Gasteiger partial charge in [-0.05, 0) is 49.1 Å². The fraction of sp³-hybridized carbons (Fsp3) is 0.435. The van der Waals surface area contributed by atoms with E-state index in [-0.39, 0.29) is 23.8 Å². The molecule has 0 radical (unpaired) electrons. The molecule has 0 unspecified atom stereocenters. The molecule has 2 heterocycles. The van der Waals surface area contributed by atoms with Gasteiger partial charge in [0.05, 0.1) is 19.3 Å². The van der Waals surface area contributed by atoms with Crippen molar-refractivity contribution >= 4 is 17.5 Å². The lowest BCUT2D eigenvalue weighted by Crippen LogP contribution is -2.35. The molecule has 3 aliphatic rings. The average Bonchev–Trinajstić information content (AvgIpc) is 3.47. The summed E-state index contributed by atoms with van der Waals surface area (Å²) in [5, 5.41) is 0.638. The Morgan fingerprint density at radius 3 is 2.68 bits per heavy atom. The van der Waals surface area contributed by atoms with Gasteiger partial charge in [-0.3, -0.25) is 4.79 Å². The van der Waals surface area contributed by atoms with E-state index in [1.54, 1.807) is 12.1 Å². The molecule has 28 heavy (non-hydrogen) atoms. The maximum absolute atomic E-state index is 13.4. The minimum atomic E-state index is 0.0302. The van der Waals surface area contributed by atoms with E-state index in [0.717, 1.165) is 23.8 Å². The van der Waals surface area contributed by atoms with E-state index in [4.69, 9.17) is 21.1 Å². The Labute approximate surface area is 170 Å². The van der Waals surface area contributed by atoms with Crippen LogP contribution in [-0.2, 0) is 4.74 Å². The van der Waals surface area contributed by atoms with Crippen LogP contribution >= 0.6 is 11.6 Å². The quantitative estimate of drug-likeness (QED) is 0.740. The lowest BCUT2D eigenvalue weighted by Gasteiger charge is -2.34. The summed E-state index contributed by atoms with van der Waals surface area (Å²) in [6, 6.07) is 15.3. The van der Waals surface area contributed by atoms with Crippen molar-refractivity contribution < 1.29 is 14.3 Å². The number of hydrogen-bond donors (Lipinski definition) is 0. The number of carbonyl (C=O) groups excluding carboxylic acids is 1. The van der Waals surface area contributed by atoms with Crippen molar-refractivity contribution in [3.05, 3.63) is 64.7 Å². The fourth-order valence-electron chi connectivity index (χ4n) is 4.47. The van der Waals surface area contributed by atoms with Crippen LogP contribution in [0.4, 0.5) is 0 Å². The van der Waals surface area contributed by atoms with Crippen molar-refractivity contribution in [1.82, 2.24) is 4.90 Å². The number of para-hydroxylation sites is 1. The molecule has 5 rings (SSSR count). The van der Waals surface area contributed by atoms with Crippen LogP contribution in [0.3, 0.4) is 0 Å². The van der Waals surface area contributed by atoms with E-state index in [2.05, 4.69) is 6.07 Å². The first-order valence-corrected chi connectivity index (χ1v) is 10.4. The predicted octanol–water partition coefficient (Wildman–Crippen LogP) is 4.59. The zero-order valence-corrected chi connectivity index (χ0v) is 16.5. The minimum Gasteiger partial charge on any atom is -0.493 e. The topological polar surface area (TPSA) is 38.8 Å². The first kappa shape index (κ1) is 18.0. The van der Waals surface area contributed by atoms with E-state index in [0.29, 0.717) is 30.3 Å². The molecule has 1 saturated heterocycles. The smallest absolute Gasteiger partial charge is 0.254 e. The zero-order valence-electron chi connectivity index (χ0n) is 15.7. The third-order valence-electron chi connectivity index (χ3n) is 6.18. The number of benzene rings is 2. The Morgan fingerprint density at radius 2 is 1.89 bits per heavy atom. The van der Waals surface area contributed by atoms with Gasteiger partial charge in [0.25, 0.3) is 5.91 Å². The molecule has 0 N–H and O–H groups in total. The Hall–Kier alpha value is -2.04. The lowest BCUT2D eigenvalue weighted by molar-refractivity contribution is 0.0623.